The zero-order chi connectivity index (χ0) is 24.3. The van der Waals surface area contributed by atoms with Gasteiger partial charge in [-0.3, -0.25) is 9.59 Å². The van der Waals surface area contributed by atoms with Gasteiger partial charge in [-0.1, -0.05) is 41.6 Å². The average Bonchev–Trinajstić information content (AvgIpc) is 3.43. The lowest BCUT2D eigenvalue weighted by atomic mass is 10.0. The first-order chi connectivity index (χ1) is 16.2. The minimum Gasteiger partial charge on any atom is -0.349 e. The third kappa shape index (κ3) is 5.31. The van der Waals surface area contributed by atoms with Crippen LogP contribution in [-0.2, 0) is 22.7 Å². The van der Waals surface area contributed by atoms with Crippen molar-refractivity contribution in [2.75, 3.05) is 0 Å². The summed E-state index contributed by atoms with van der Waals surface area (Å²) in [7, 11) is 0. The number of nitrogens with one attached hydrogen (secondary N) is 1. The van der Waals surface area contributed by atoms with E-state index in [1.165, 1.54) is 27.0 Å². The lowest BCUT2D eigenvalue weighted by Gasteiger charge is -2.33. The van der Waals surface area contributed by atoms with E-state index < -0.39 is 23.3 Å². The van der Waals surface area contributed by atoms with Gasteiger partial charge >= 0.3 is 0 Å². The smallest absolute Gasteiger partial charge is 0.247 e. The molecular weight excluding hydrogens is 453 g/mol. The number of halogens is 1. The lowest BCUT2D eigenvalue weighted by molar-refractivity contribution is -0.142. The molecule has 0 radical (unpaired) electrons. The lowest BCUT2D eigenvalue weighted by Crippen LogP contribution is -2.49. The maximum Gasteiger partial charge on any atom is 0.247 e. The normalized spacial score (nSPS) is 12.5. The van der Waals surface area contributed by atoms with Gasteiger partial charge in [0.05, 0.1) is 12.1 Å². The second kappa shape index (κ2) is 9.72. The molecule has 176 valence electrons. The third-order valence-electron chi connectivity index (χ3n) is 5.19. The highest BCUT2D eigenvalue weighted by Crippen LogP contribution is 2.28. The highest BCUT2D eigenvalue weighted by Gasteiger charge is 2.35. The van der Waals surface area contributed by atoms with Crippen molar-refractivity contribution < 1.29 is 14.0 Å². The molecule has 1 atom stereocenters. The van der Waals surface area contributed by atoms with Crippen molar-refractivity contribution >= 4 is 34.2 Å². The van der Waals surface area contributed by atoms with Gasteiger partial charge in [-0.25, -0.2) is 9.07 Å². The van der Waals surface area contributed by atoms with E-state index in [9.17, 15) is 14.0 Å². The molecular formula is C25H26FN5O2S. The van der Waals surface area contributed by atoms with Crippen LogP contribution in [-0.4, -0.2) is 37.2 Å². The summed E-state index contributed by atoms with van der Waals surface area (Å²) in [5, 5.41) is 13.0. The van der Waals surface area contributed by atoms with Crippen LogP contribution in [0, 0.1) is 5.82 Å². The molecule has 0 saturated carbocycles. The number of amides is 2. The summed E-state index contributed by atoms with van der Waals surface area (Å²) in [4.78, 5) is 29.5. The second-order valence-corrected chi connectivity index (χ2v) is 10.0. The fourth-order valence-electron chi connectivity index (χ4n) is 3.73. The predicted octanol–water partition coefficient (Wildman–Crippen LogP) is 4.32. The van der Waals surface area contributed by atoms with Gasteiger partial charge in [0.25, 0.3) is 0 Å². The van der Waals surface area contributed by atoms with E-state index in [1.807, 2.05) is 62.5 Å². The summed E-state index contributed by atoms with van der Waals surface area (Å²) in [6, 6.07) is 16.0. The van der Waals surface area contributed by atoms with E-state index >= 15 is 0 Å². The Morgan fingerprint density at radius 2 is 1.82 bits per heavy atom. The van der Waals surface area contributed by atoms with Gasteiger partial charge in [-0.15, -0.1) is 16.4 Å². The Labute approximate surface area is 201 Å². The molecule has 0 fully saturated rings. The summed E-state index contributed by atoms with van der Waals surface area (Å²) in [6.07, 6.45) is 0. The van der Waals surface area contributed by atoms with Crippen molar-refractivity contribution in [2.24, 2.45) is 0 Å². The molecule has 2 amide bonds. The first-order valence-corrected chi connectivity index (χ1v) is 11.8. The molecule has 0 saturated heterocycles. The summed E-state index contributed by atoms with van der Waals surface area (Å²) in [5.74, 6) is -1.38. The number of nitrogens with zero attached hydrogens (tertiary/aromatic N) is 4. The van der Waals surface area contributed by atoms with Crippen LogP contribution in [0.5, 0.6) is 0 Å². The number of rotatable bonds is 7. The molecule has 0 aliphatic heterocycles. The molecule has 4 aromatic rings. The van der Waals surface area contributed by atoms with Crippen LogP contribution in [0.2, 0.25) is 0 Å². The first-order valence-electron chi connectivity index (χ1n) is 10.9. The topological polar surface area (TPSA) is 80.1 Å². The van der Waals surface area contributed by atoms with Crippen LogP contribution >= 0.6 is 11.3 Å². The van der Waals surface area contributed by atoms with E-state index in [0.717, 1.165) is 4.88 Å². The first kappa shape index (κ1) is 23.6. The Balaban J connectivity index is 1.76. The monoisotopic (exact) mass is 479 g/mol. The van der Waals surface area contributed by atoms with Gasteiger partial charge in [0.15, 0.2) is 0 Å². The fraction of sp³-hybridized carbons (Fsp3) is 0.280. The largest absolute Gasteiger partial charge is 0.349 e. The molecule has 0 spiro atoms. The minimum absolute atomic E-state index is 0.137. The van der Waals surface area contributed by atoms with Crippen molar-refractivity contribution in [3.63, 3.8) is 0 Å². The zero-order valence-electron chi connectivity index (χ0n) is 19.2. The van der Waals surface area contributed by atoms with Gasteiger partial charge in [-0.2, -0.15) is 0 Å². The number of carbonyl (C=O) groups is 2. The quantitative estimate of drug-likeness (QED) is 0.428. The van der Waals surface area contributed by atoms with Crippen LogP contribution in [0.1, 0.15) is 37.3 Å². The minimum atomic E-state index is -1.16. The SMILES string of the molecule is CC(C)(C)NC(=O)[C@H](c1ccccc1F)N(Cc1cccs1)C(=O)Cn1nnc2ccccc21. The van der Waals surface area contributed by atoms with E-state index in [4.69, 9.17) is 0 Å². The maximum atomic E-state index is 15.0. The van der Waals surface area contributed by atoms with E-state index in [2.05, 4.69) is 15.6 Å². The van der Waals surface area contributed by atoms with Crippen molar-refractivity contribution in [3.8, 4) is 0 Å². The molecule has 2 aromatic carbocycles. The molecule has 0 bridgehead atoms. The van der Waals surface area contributed by atoms with Crippen molar-refractivity contribution in [1.82, 2.24) is 25.2 Å². The Kier molecular flexibility index (Phi) is 6.74. The molecule has 4 rings (SSSR count). The Hall–Kier alpha value is -3.59. The summed E-state index contributed by atoms with van der Waals surface area (Å²) < 4.78 is 16.5. The van der Waals surface area contributed by atoms with Crippen LogP contribution in [0.4, 0.5) is 4.39 Å². The van der Waals surface area contributed by atoms with E-state index in [-0.39, 0.29) is 24.6 Å². The molecule has 1 N–H and O–H groups in total. The van der Waals surface area contributed by atoms with Gasteiger partial charge in [0.1, 0.15) is 23.9 Å². The number of thiophene rings is 1. The fourth-order valence-corrected chi connectivity index (χ4v) is 4.44. The van der Waals surface area contributed by atoms with Crippen LogP contribution < -0.4 is 5.32 Å². The molecule has 2 heterocycles. The van der Waals surface area contributed by atoms with Crippen LogP contribution in [0.25, 0.3) is 11.0 Å². The molecule has 0 unspecified atom stereocenters. The number of para-hydroxylation sites is 1. The predicted molar refractivity (Wildman–Crippen MR) is 129 cm³/mol. The van der Waals surface area contributed by atoms with Crippen molar-refractivity contribution in [1.29, 1.82) is 0 Å². The van der Waals surface area contributed by atoms with Gasteiger partial charge < -0.3 is 10.2 Å². The van der Waals surface area contributed by atoms with E-state index in [0.29, 0.717) is 11.0 Å². The molecule has 0 aliphatic carbocycles. The average molecular weight is 480 g/mol. The van der Waals surface area contributed by atoms with Gasteiger partial charge in [-0.05, 0) is 50.4 Å². The van der Waals surface area contributed by atoms with Crippen molar-refractivity contribution in [3.05, 3.63) is 82.3 Å². The molecule has 0 aliphatic rings. The highest BCUT2D eigenvalue weighted by molar-refractivity contribution is 7.09. The van der Waals surface area contributed by atoms with Gasteiger partial charge in [0, 0.05) is 16.0 Å². The number of hydrogen-bond acceptors (Lipinski definition) is 5. The highest BCUT2D eigenvalue weighted by atomic mass is 32.1. The summed E-state index contributed by atoms with van der Waals surface area (Å²) in [5.41, 5.74) is 0.933. The number of carbonyl (C=O) groups excluding carboxylic acids is 2. The van der Waals surface area contributed by atoms with Gasteiger partial charge in [0.2, 0.25) is 11.8 Å². The Morgan fingerprint density at radius 3 is 2.53 bits per heavy atom. The maximum absolute atomic E-state index is 15.0. The van der Waals surface area contributed by atoms with Crippen LogP contribution in [0.15, 0.2) is 66.0 Å². The van der Waals surface area contributed by atoms with Crippen LogP contribution in [0.3, 0.4) is 0 Å². The zero-order valence-corrected chi connectivity index (χ0v) is 20.1. The Morgan fingerprint density at radius 1 is 1.09 bits per heavy atom. The number of aromatic nitrogens is 3. The number of benzene rings is 2. The summed E-state index contributed by atoms with van der Waals surface area (Å²) in [6.45, 7) is 5.54. The second-order valence-electron chi connectivity index (χ2n) is 9.00. The standard InChI is InChI=1S/C25H26FN5O2S/c1-25(2,3)27-24(33)23(18-10-4-5-11-19(18)26)30(15-17-9-8-14-34-17)22(32)16-31-21-13-7-6-12-20(21)28-29-31/h4-14,23H,15-16H2,1-3H3,(H,27,33)/t23-/m0/s1. The summed E-state index contributed by atoms with van der Waals surface area (Å²) >= 11 is 1.47. The molecule has 2 aromatic heterocycles. The Bertz CT molecular complexity index is 1300. The molecule has 34 heavy (non-hydrogen) atoms. The van der Waals surface area contributed by atoms with Crippen molar-refractivity contribution in [2.45, 2.75) is 45.4 Å². The number of fused-ring (bicyclic) bond motifs is 1. The molecule has 9 heteroatoms. The number of hydrogen-bond donors (Lipinski definition) is 1. The van der Waals surface area contributed by atoms with E-state index in [1.54, 1.807) is 18.2 Å². The third-order valence-corrected chi connectivity index (χ3v) is 6.05. The molecule has 7 nitrogen and oxygen atoms in total.